The first-order valence-electron chi connectivity index (χ1n) is 4.96. The summed E-state index contributed by atoms with van der Waals surface area (Å²) in [4.78, 5) is 11.0. The predicted octanol–water partition coefficient (Wildman–Crippen LogP) is 1.74. The number of nitrogens with one attached hydrogen (secondary N) is 1. The molecule has 5 heteroatoms. The molecule has 1 aromatic carbocycles. The fourth-order valence-electron chi connectivity index (χ4n) is 1.12. The Morgan fingerprint density at radius 2 is 2.31 bits per heavy atom. The van der Waals surface area contributed by atoms with Gasteiger partial charge in [0.25, 0.3) is 0 Å². The van der Waals surface area contributed by atoms with Crippen molar-refractivity contribution >= 4 is 17.5 Å². The fourth-order valence-corrected chi connectivity index (χ4v) is 1.12. The van der Waals surface area contributed by atoms with E-state index in [0.29, 0.717) is 18.0 Å². The summed E-state index contributed by atoms with van der Waals surface area (Å²) in [6.45, 7) is 3.83. The van der Waals surface area contributed by atoms with Gasteiger partial charge < -0.3 is 10.5 Å². The van der Waals surface area contributed by atoms with Crippen molar-refractivity contribution in [2.45, 2.75) is 13.8 Å². The van der Waals surface area contributed by atoms with Crippen LogP contribution in [0.5, 0.6) is 0 Å². The van der Waals surface area contributed by atoms with E-state index in [9.17, 15) is 4.79 Å². The number of carbonyl (C=O) groups excluding carboxylic acids is 1. The van der Waals surface area contributed by atoms with Gasteiger partial charge in [-0.3, -0.25) is 0 Å². The molecule has 5 nitrogen and oxygen atoms in total. The second-order valence-electron chi connectivity index (χ2n) is 3.15. The van der Waals surface area contributed by atoms with E-state index in [1.54, 1.807) is 26.0 Å². The van der Waals surface area contributed by atoms with Gasteiger partial charge in [-0.15, -0.1) is 0 Å². The van der Waals surface area contributed by atoms with E-state index in [4.69, 9.17) is 5.73 Å². The lowest BCUT2D eigenvalue weighted by Crippen LogP contribution is -2.20. The molecule has 0 atom stereocenters. The van der Waals surface area contributed by atoms with Crippen LogP contribution in [0.15, 0.2) is 29.4 Å². The van der Waals surface area contributed by atoms with Crippen LogP contribution in [0.25, 0.3) is 0 Å². The number of amides is 1. The number of carbonyl (C=O) groups is 1. The Balaban J connectivity index is 2.67. The zero-order valence-corrected chi connectivity index (χ0v) is 9.36. The van der Waals surface area contributed by atoms with Gasteiger partial charge in [-0.2, -0.15) is 5.10 Å². The summed E-state index contributed by atoms with van der Waals surface area (Å²) in [5.74, 6) is 0. The standard InChI is InChI=1S/C11H15N3O2/c1-3-16-11(15)14-13-8(2)9-5-4-6-10(12)7-9/h4-7H,3,12H2,1-2H3,(H,14,15)/b13-8-. The van der Waals surface area contributed by atoms with E-state index in [-0.39, 0.29) is 0 Å². The molecule has 1 aromatic rings. The van der Waals surface area contributed by atoms with Crippen LogP contribution in [0, 0.1) is 0 Å². The van der Waals surface area contributed by atoms with Crippen LogP contribution in [0.2, 0.25) is 0 Å². The topological polar surface area (TPSA) is 76.7 Å². The van der Waals surface area contributed by atoms with Gasteiger partial charge in [0.1, 0.15) is 0 Å². The molecule has 0 fully saturated rings. The molecule has 0 unspecified atom stereocenters. The molecule has 0 aliphatic heterocycles. The first-order chi connectivity index (χ1) is 7.63. The van der Waals surface area contributed by atoms with Gasteiger partial charge in [0.15, 0.2) is 0 Å². The van der Waals surface area contributed by atoms with Crippen molar-refractivity contribution in [2.75, 3.05) is 12.3 Å². The zero-order chi connectivity index (χ0) is 12.0. The second-order valence-corrected chi connectivity index (χ2v) is 3.15. The number of nitrogens with zero attached hydrogens (tertiary/aromatic N) is 1. The highest BCUT2D eigenvalue weighted by Crippen LogP contribution is 2.07. The first kappa shape index (κ1) is 12.0. The van der Waals surface area contributed by atoms with Crippen LogP contribution in [0.3, 0.4) is 0 Å². The van der Waals surface area contributed by atoms with Gasteiger partial charge in [0.05, 0.1) is 12.3 Å². The van der Waals surface area contributed by atoms with E-state index in [2.05, 4.69) is 15.3 Å². The number of nitrogen functional groups attached to an aromatic ring is 1. The Bertz CT molecular complexity index is 402. The quantitative estimate of drug-likeness (QED) is 0.463. The number of hydrogen-bond donors (Lipinski definition) is 2. The number of hydrazone groups is 1. The normalized spacial score (nSPS) is 11.0. The van der Waals surface area contributed by atoms with Crippen LogP contribution in [0.4, 0.5) is 10.5 Å². The zero-order valence-electron chi connectivity index (χ0n) is 9.36. The number of benzene rings is 1. The van der Waals surface area contributed by atoms with E-state index in [0.717, 1.165) is 5.56 Å². The summed E-state index contributed by atoms with van der Waals surface area (Å²) in [6, 6.07) is 7.26. The average molecular weight is 221 g/mol. The van der Waals surface area contributed by atoms with Gasteiger partial charge in [-0.1, -0.05) is 12.1 Å². The monoisotopic (exact) mass is 221 g/mol. The Hall–Kier alpha value is -2.04. The van der Waals surface area contributed by atoms with E-state index < -0.39 is 6.09 Å². The summed E-state index contributed by atoms with van der Waals surface area (Å²) in [5.41, 5.74) is 10.1. The van der Waals surface area contributed by atoms with Gasteiger partial charge in [0, 0.05) is 5.69 Å². The smallest absolute Gasteiger partial charge is 0.427 e. The Morgan fingerprint density at radius 1 is 1.56 bits per heavy atom. The SMILES string of the molecule is CCOC(=O)N/N=C(/C)c1cccc(N)c1. The predicted molar refractivity (Wildman–Crippen MR) is 63.2 cm³/mol. The van der Waals surface area contributed by atoms with Crippen LogP contribution in [0.1, 0.15) is 19.4 Å². The number of hydrogen-bond acceptors (Lipinski definition) is 4. The molecule has 1 rings (SSSR count). The van der Waals surface area contributed by atoms with Gasteiger partial charge in [0.2, 0.25) is 0 Å². The molecule has 0 aliphatic carbocycles. The molecule has 0 spiro atoms. The van der Waals surface area contributed by atoms with E-state index in [1.807, 2.05) is 12.1 Å². The third-order valence-corrected chi connectivity index (χ3v) is 1.89. The molecular formula is C11H15N3O2. The van der Waals surface area contributed by atoms with Crippen LogP contribution in [-0.2, 0) is 4.74 Å². The van der Waals surface area contributed by atoms with Crippen molar-refractivity contribution in [1.82, 2.24) is 5.43 Å². The maximum Gasteiger partial charge on any atom is 0.427 e. The lowest BCUT2D eigenvalue weighted by Gasteiger charge is -2.03. The van der Waals surface area contributed by atoms with E-state index in [1.165, 1.54) is 0 Å². The highest BCUT2D eigenvalue weighted by molar-refractivity contribution is 5.99. The number of anilines is 1. The minimum atomic E-state index is -0.564. The number of ether oxygens (including phenoxy) is 1. The molecule has 0 bridgehead atoms. The Morgan fingerprint density at radius 3 is 2.94 bits per heavy atom. The van der Waals surface area contributed by atoms with E-state index >= 15 is 0 Å². The third-order valence-electron chi connectivity index (χ3n) is 1.89. The summed E-state index contributed by atoms with van der Waals surface area (Å²) in [7, 11) is 0. The maximum absolute atomic E-state index is 11.0. The third kappa shape index (κ3) is 3.61. The summed E-state index contributed by atoms with van der Waals surface area (Å²) in [6.07, 6.45) is -0.564. The molecule has 86 valence electrons. The van der Waals surface area contributed by atoms with Crippen LogP contribution < -0.4 is 11.2 Å². The van der Waals surface area contributed by atoms with Crippen LogP contribution >= 0.6 is 0 Å². The van der Waals surface area contributed by atoms with Crippen molar-refractivity contribution < 1.29 is 9.53 Å². The lowest BCUT2D eigenvalue weighted by atomic mass is 10.1. The van der Waals surface area contributed by atoms with Gasteiger partial charge in [-0.25, -0.2) is 10.2 Å². The van der Waals surface area contributed by atoms with Crippen molar-refractivity contribution in [3.05, 3.63) is 29.8 Å². The van der Waals surface area contributed by atoms with Crippen molar-refractivity contribution in [1.29, 1.82) is 0 Å². The van der Waals surface area contributed by atoms with Crippen molar-refractivity contribution in [3.63, 3.8) is 0 Å². The Labute approximate surface area is 94.3 Å². The molecule has 0 saturated heterocycles. The molecule has 0 radical (unpaired) electrons. The maximum atomic E-state index is 11.0. The minimum Gasteiger partial charge on any atom is -0.449 e. The number of nitrogens with two attached hydrogens (primary N) is 1. The molecule has 0 aromatic heterocycles. The lowest BCUT2D eigenvalue weighted by molar-refractivity contribution is 0.152. The second kappa shape index (κ2) is 5.75. The molecule has 16 heavy (non-hydrogen) atoms. The van der Waals surface area contributed by atoms with Crippen molar-refractivity contribution in [3.8, 4) is 0 Å². The molecular weight excluding hydrogens is 206 g/mol. The molecule has 3 N–H and O–H groups in total. The highest BCUT2D eigenvalue weighted by Gasteiger charge is 2.00. The van der Waals surface area contributed by atoms with Gasteiger partial charge >= 0.3 is 6.09 Å². The summed E-state index contributed by atoms with van der Waals surface area (Å²) >= 11 is 0. The van der Waals surface area contributed by atoms with Gasteiger partial charge in [-0.05, 0) is 31.5 Å². The largest absolute Gasteiger partial charge is 0.449 e. The molecule has 0 heterocycles. The van der Waals surface area contributed by atoms with Crippen molar-refractivity contribution in [2.24, 2.45) is 5.10 Å². The fraction of sp³-hybridized carbons (Fsp3) is 0.273. The minimum absolute atomic E-state index is 0.318. The highest BCUT2D eigenvalue weighted by atomic mass is 16.5. The molecule has 0 aliphatic rings. The Kier molecular flexibility index (Phi) is 4.32. The van der Waals surface area contributed by atoms with Crippen LogP contribution in [-0.4, -0.2) is 18.4 Å². The molecule has 0 saturated carbocycles. The molecule has 1 amide bonds. The first-order valence-corrected chi connectivity index (χ1v) is 4.96. The summed E-state index contributed by atoms with van der Waals surface area (Å²) < 4.78 is 4.67. The average Bonchev–Trinajstić information content (AvgIpc) is 2.26. The summed E-state index contributed by atoms with van der Waals surface area (Å²) in [5, 5.41) is 3.89. The number of rotatable bonds is 3.